The van der Waals surface area contributed by atoms with Crippen LogP contribution in [0.25, 0.3) is 0 Å². The van der Waals surface area contributed by atoms with Crippen molar-refractivity contribution in [1.29, 1.82) is 0 Å². The molecule has 1 atom stereocenters. The molecule has 0 N–H and O–H groups in total. The Morgan fingerprint density at radius 2 is 2.27 bits per heavy atom. The minimum atomic E-state index is -0.305. The first-order valence-corrected chi connectivity index (χ1v) is 5.57. The maximum absolute atomic E-state index is 11.6. The summed E-state index contributed by atoms with van der Waals surface area (Å²) in [5, 5.41) is 0. The summed E-state index contributed by atoms with van der Waals surface area (Å²) in [7, 11) is 0. The monoisotopic (exact) mass is 213 g/mol. The summed E-state index contributed by atoms with van der Waals surface area (Å²) >= 11 is 0. The molecule has 1 amide bonds. The minimum absolute atomic E-state index is 0.0763. The van der Waals surface area contributed by atoms with Gasteiger partial charge in [-0.1, -0.05) is 6.92 Å². The summed E-state index contributed by atoms with van der Waals surface area (Å²) in [6.07, 6.45) is 2.46. The third-order valence-corrected chi connectivity index (χ3v) is 2.72. The second-order valence-electron chi connectivity index (χ2n) is 4.05. The highest BCUT2D eigenvalue weighted by Crippen LogP contribution is 2.17. The number of nitrogens with zero attached hydrogens (tertiary/aromatic N) is 1. The molecule has 4 nitrogen and oxygen atoms in total. The molecule has 0 radical (unpaired) electrons. The van der Waals surface area contributed by atoms with E-state index < -0.39 is 0 Å². The van der Waals surface area contributed by atoms with E-state index in [-0.39, 0.29) is 18.4 Å². The van der Waals surface area contributed by atoms with Crippen molar-refractivity contribution < 1.29 is 14.3 Å². The molecule has 86 valence electrons. The van der Waals surface area contributed by atoms with E-state index >= 15 is 0 Å². The lowest BCUT2D eigenvalue weighted by Gasteiger charge is -2.19. The smallest absolute Gasteiger partial charge is 0.325 e. The van der Waals surface area contributed by atoms with E-state index in [0.29, 0.717) is 25.5 Å². The Kier molecular flexibility index (Phi) is 4.59. The third-order valence-electron chi connectivity index (χ3n) is 2.72. The van der Waals surface area contributed by atoms with Gasteiger partial charge in [0.05, 0.1) is 6.61 Å². The van der Waals surface area contributed by atoms with Crippen LogP contribution in [0.4, 0.5) is 0 Å². The number of hydrogen-bond acceptors (Lipinski definition) is 3. The van der Waals surface area contributed by atoms with Gasteiger partial charge in [0.25, 0.3) is 0 Å². The van der Waals surface area contributed by atoms with Crippen LogP contribution in [-0.4, -0.2) is 36.5 Å². The zero-order valence-electron chi connectivity index (χ0n) is 9.49. The van der Waals surface area contributed by atoms with Crippen molar-refractivity contribution in [2.24, 2.45) is 5.92 Å². The van der Waals surface area contributed by atoms with Crippen molar-refractivity contribution in [2.75, 3.05) is 19.7 Å². The molecule has 0 spiro atoms. The second kappa shape index (κ2) is 5.73. The summed E-state index contributed by atoms with van der Waals surface area (Å²) in [5.74, 6) is 0.342. The molecule has 0 aromatic carbocycles. The van der Waals surface area contributed by atoms with Crippen LogP contribution in [0.5, 0.6) is 0 Å². The first kappa shape index (κ1) is 12.0. The Bertz CT molecular complexity index is 240. The van der Waals surface area contributed by atoms with E-state index in [9.17, 15) is 9.59 Å². The van der Waals surface area contributed by atoms with E-state index in [2.05, 4.69) is 6.92 Å². The Morgan fingerprint density at radius 3 is 2.93 bits per heavy atom. The highest BCUT2D eigenvalue weighted by Gasteiger charge is 2.22. The van der Waals surface area contributed by atoms with E-state index in [4.69, 9.17) is 4.74 Å². The molecule has 1 heterocycles. The first-order valence-electron chi connectivity index (χ1n) is 5.57. The number of carbonyl (C=O) groups excluding carboxylic acids is 2. The van der Waals surface area contributed by atoms with Gasteiger partial charge in [-0.25, -0.2) is 0 Å². The molecule has 1 fully saturated rings. The van der Waals surface area contributed by atoms with Crippen LogP contribution in [0.1, 0.15) is 33.1 Å². The van der Waals surface area contributed by atoms with Gasteiger partial charge >= 0.3 is 5.97 Å². The van der Waals surface area contributed by atoms with E-state index in [0.717, 1.165) is 12.8 Å². The fraction of sp³-hybridized carbons (Fsp3) is 0.818. The Hall–Kier alpha value is -1.06. The van der Waals surface area contributed by atoms with Crippen LogP contribution >= 0.6 is 0 Å². The molecule has 0 saturated carbocycles. The number of ether oxygens (including phenoxy) is 1. The van der Waals surface area contributed by atoms with Gasteiger partial charge in [-0.2, -0.15) is 0 Å². The van der Waals surface area contributed by atoms with Gasteiger partial charge in [-0.3, -0.25) is 9.59 Å². The molecule has 1 unspecified atom stereocenters. The highest BCUT2D eigenvalue weighted by atomic mass is 16.5. The predicted molar refractivity (Wildman–Crippen MR) is 56.2 cm³/mol. The standard InChI is InChI=1S/C11H19NO3/c1-3-15-11(14)8-12-7-6-9(2)4-5-10(12)13/h9H,3-8H2,1-2H3. The predicted octanol–water partition coefficient (Wildman–Crippen LogP) is 1.20. The molecule has 0 aromatic heterocycles. The molecule has 1 rings (SSSR count). The SMILES string of the molecule is CCOC(=O)CN1CCC(C)CCC1=O. The van der Waals surface area contributed by atoms with Crippen molar-refractivity contribution >= 4 is 11.9 Å². The fourth-order valence-corrected chi connectivity index (χ4v) is 1.70. The Balaban J connectivity index is 2.45. The fourth-order valence-electron chi connectivity index (χ4n) is 1.70. The van der Waals surface area contributed by atoms with Crippen molar-refractivity contribution in [2.45, 2.75) is 33.1 Å². The van der Waals surface area contributed by atoms with Gasteiger partial charge in [0.1, 0.15) is 6.54 Å². The molecule has 1 aliphatic rings. The molecule has 0 aliphatic carbocycles. The van der Waals surface area contributed by atoms with Crippen molar-refractivity contribution in [3.8, 4) is 0 Å². The zero-order valence-corrected chi connectivity index (χ0v) is 9.49. The van der Waals surface area contributed by atoms with Gasteiger partial charge in [0.15, 0.2) is 0 Å². The number of carbonyl (C=O) groups is 2. The Labute approximate surface area is 90.6 Å². The number of likely N-dealkylation sites (tertiary alicyclic amines) is 1. The number of rotatable bonds is 3. The lowest BCUT2D eigenvalue weighted by atomic mass is 10.0. The molecule has 1 saturated heterocycles. The topological polar surface area (TPSA) is 46.6 Å². The number of amides is 1. The molecule has 1 aliphatic heterocycles. The highest BCUT2D eigenvalue weighted by molar-refractivity contribution is 5.82. The Morgan fingerprint density at radius 1 is 1.53 bits per heavy atom. The number of esters is 1. The lowest BCUT2D eigenvalue weighted by Crippen LogP contribution is -2.36. The van der Waals surface area contributed by atoms with E-state index in [1.165, 1.54) is 0 Å². The summed E-state index contributed by atoms with van der Waals surface area (Å²) in [6, 6.07) is 0. The normalized spacial score (nSPS) is 22.4. The molecule has 15 heavy (non-hydrogen) atoms. The van der Waals surface area contributed by atoms with Crippen LogP contribution in [0.2, 0.25) is 0 Å². The van der Waals surface area contributed by atoms with Crippen LogP contribution in [0.3, 0.4) is 0 Å². The third kappa shape index (κ3) is 3.90. The van der Waals surface area contributed by atoms with Gasteiger partial charge in [-0.15, -0.1) is 0 Å². The molecule has 0 bridgehead atoms. The number of hydrogen-bond donors (Lipinski definition) is 0. The molecule has 0 aromatic rings. The maximum atomic E-state index is 11.6. The summed E-state index contributed by atoms with van der Waals surface area (Å²) < 4.78 is 4.83. The maximum Gasteiger partial charge on any atom is 0.325 e. The van der Waals surface area contributed by atoms with Crippen LogP contribution in [0, 0.1) is 5.92 Å². The zero-order chi connectivity index (χ0) is 11.3. The van der Waals surface area contributed by atoms with E-state index in [1.54, 1.807) is 11.8 Å². The lowest BCUT2D eigenvalue weighted by molar-refractivity contribution is -0.148. The molecule has 4 heteroatoms. The minimum Gasteiger partial charge on any atom is -0.465 e. The van der Waals surface area contributed by atoms with Crippen molar-refractivity contribution in [1.82, 2.24) is 4.90 Å². The van der Waals surface area contributed by atoms with E-state index in [1.807, 2.05) is 0 Å². The first-order chi connectivity index (χ1) is 7.13. The van der Waals surface area contributed by atoms with Gasteiger partial charge in [-0.05, 0) is 25.7 Å². The summed E-state index contributed by atoms with van der Waals surface area (Å²) in [4.78, 5) is 24.5. The van der Waals surface area contributed by atoms with Crippen LogP contribution in [-0.2, 0) is 14.3 Å². The second-order valence-corrected chi connectivity index (χ2v) is 4.05. The molecular formula is C11H19NO3. The van der Waals surface area contributed by atoms with Gasteiger partial charge in [0, 0.05) is 13.0 Å². The van der Waals surface area contributed by atoms with Crippen molar-refractivity contribution in [3.05, 3.63) is 0 Å². The van der Waals surface area contributed by atoms with Crippen molar-refractivity contribution in [3.63, 3.8) is 0 Å². The quantitative estimate of drug-likeness (QED) is 0.662. The van der Waals surface area contributed by atoms with Gasteiger partial charge < -0.3 is 9.64 Å². The summed E-state index contributed by atoms with van der Waals surface area (Å²) in [6.45, 7) is 5.07. The van der Waals surface area contributed by atoms with Crippen LogP contribution in [0.15, 0.2) is 0 Å². The summed E-state index contributed by atoms with van der Waals surface area (Å²) in [5.41, 5.74) is 0. The average molecular weight is 213 g/mol. The van der Waals surface area contributed by atoms with Crippen LogP contribution < -0.4 is 0 Å². The average Bonchev–Trinajstić information content (AvgIpc) is 2.33. The van der Waals surface area contributed by atoms with Gasteiger partial charge in [0.2, 0.25) is 5.91 Å². The largest absolute Gasteiger partial charge is 0.465 e. The molecular weight excluding hydrogens is 194 g/mol.